The van der Waals surface area contributed by atoms with Crippen LogP contribution in [0.1, 0.15) is 72.1 Å². The Morgan fingerprint density at radius 3 is 1.61 bits per heavy atom. The SMILES string of the molecule is CCCCCCCCCCOP(O)(O)(CC)CC. The summed E-state index contributed by atoms with van der Waals surface area (Å²) in [5.74, 6) is 0. The summed E-state index contributed by atoms with van der Waals surface area (Å²) < 4.78 is 5.40. The van der Waals surface area contributed by atoms with Gasteiger partial charge in [0.15, 0.2) is 0 Å². The van der Waals surface area contributed by atoms with E-state index in [9.17, 15) is 9.79 Å². The van der Waals surface area contributed by atoms with Crippen molar-refractivity contribution in [2.75, 3.05) is 18.9 Å². The van der Waals surface area contributed by atoms with Crippen LogP contribution in [0.3, 0.4) is 0 Å². The summed E-state index contributed by atoms with van der Waals surface area (Å²) in [6.07, 6.45) is 10.6. The van der Waals surface area contributed by atoms with Crippen LogP contribution in [0.15, 0.2) is 0 Å². The summed E-state index contributed by atoms with van der Waals surface area (Å²) >= 11 is 0. The second kappa shape index (κ2) is 9.25. The molecule has 0 heterocycles. The molecule has 0 aromatic rings. The summed E-state index contributed by atoms with van der Waals surface area (Å²) in [7, 11) is -3.75. The average Bonchev–Trinajstić information content (AvgIpc) is 2.37. The van der Waals surface area contributed by atoms with Crippen molar-refractivity contribution in [2.24, 2.45) is 0 Å². The van der Waals surface area contributed by atoms with Gasteiger partial charge in [-0.05, 0) is 0 Å². The molecular formula is C14H33O3P. The van der Waals surface area contributed by atoms with E-state index in [0.717, 1.165) is 12.8 Å². The Hall–Kier alpha value is 0.310. The molecule has 0 saturated carbocycles. The summed E-state index contributed by atoms with van der Waals surface area (Å²) in [5.41, 5.74) is 0. The van der Waals surface area contributed by atoms with Gasteiger partial charge in [-0.1, -0.05) is 0 Å². The molecule has 0 rings (SSSR count). The van der Waals surface area contributed by atoms with Crippen molar-refractivity contribution in [3.05, 3.63) is 0 Å². The van der Waals surface area contributed by atoms with E-state index in [4.69, 9.17) is 4.52 Å². The van der Waals surface area contributed by atoms with E-state index < -0.39 is 7.28 Å². The first-order valence-electron chi connectivity index (χ1n) is 7.63. The molecule has 112 valence electrons. The van der Waals surface area contributed by atoms with Crippen LogP contribution in [-0.2, 0) is 4.52 Å². The topological polar surface area (TPSA) is 49.7 Å². The van der Waals surface area contributed by atoms with Crippen molar-refractivity contribution in [1.29, 1.82) is 0 Å². The van der Waals surface area contributed by atoms with Crippen molar-refractivity contribution in [2.45, 2.75) is 72.1 Å². The Labute approximate surface area is 113 Å². The van der Waals surface area contributed by atoms with Gasteiger partial charge in [-0.2, -0.15) is 0 Å². The van der Waals surface area contributed by atoms with Crippen LogP contribution in [0.25, 0.3) is 0 Å². The summed E-state index contributed by atoms with van der Waals surface area (Å²) in [4.78, 5) is 20.1. The first kappa shape index (κ1) is 18.3. The summed E-state index contributed by atoms with van der Waals surface area (Å²) in [6.45, 7) is 6.29. The average molecular weight is 280 g/mol. The fourth-order valence-corrected chi connectivity index (χ4v) is 3.28. The van der Waals surface area contributed by atoms with Crippen LogP contribution in [0.2, 0.25) is 0 Å². The first-order chi connectivity index (χ1) is 8.46. The van der Waals surface area contributed by atoms with Crippen LogP contribution in [0.4, 0.5) is 0 Å². The van der Waals surface area contributed by atoms with Crippen LogP contribution >= 0.6 is 7.28 Å². The van der Waals surface area contributed by atoms with Gasteiger partial charge in [-0.25, -0.2) is 0 Å². The number of hydrogen-bond donors (Lipinski definition) is 2. The number of hydrogen-bond acceptors (Lipinski definition) is 3. The Balaban J connectivity index is 3.45. The third-order valence-corrected chi connectivity index (χ3v) is 6.98. The number of rotatable bonds is 12. The molecule has 0 aromatic heterocycles. The third-order valence-electron chi connectivity index (χ3n) is 3.66. The van der Waals surface area contributed by atoms with E-state index in [0.29, 0.717) is 18.9 Å². The second-order valence-corrected chi connectivity index (χ2v) is 9.36. The Morgan fingerprint density at radius 1 is 0.722 bits per heavy atom. The maximum atomic E-state index is 10.1. The first-order valence-corrected chi connectivity index (χ1v) is 10.1. The molecule has 3 nitrogen and oxygen atoms in total. The molecule has 0 aliphatic heterocycles. The molecule has 0 atom stereocenters. The van der Waals surface area contributed by atoms with Gasteiger partial charge < -0.3 is 0 Å². The zero-order valence-electron chi connectivity index (χ0n) is 12.5. The molecule has 0 saturated heterocycles. The second-order valence-electron chi connectivity index (χ2n) is 5.24. The quantitative estimate of drug-likeness (QED) is 0.410. The monoisotopic (exact) mass is 280 g/mol. The van der Waals surface area contributed by atoms with Crippen molar-refractivity contribution in [3.8, 4) is 0 Å². The Kier molecular flexibility index (Phi) is 9.41. The van der Waals surface area contributed by atoms with Gasteiger partial charge in [0, 0.05) is 0 Å². The zero-order chi connectivity index (χ0) is 13.9. The van der Waals surface area contributed by atoms with E-state index >= 15 is 0 Å². The van der Waals surface area contributed by atoms with Gasteiger partial charge >= 0.3 is 113 Å². The predicted octanol–water partition coefficient (Wildman–Crippen LogP) is 4.47. The molecular weight excluding hydrogens is 247 g/mol. The summed E-state index contributed by atoms with van der Waals surface area (Å²) in [5, 5.41) is 0. The van der Waals surface area contributed by atoms with Gasteiger partial charge in [0.2, 0.25) is 0 Å². The zero-order valence-corrected chi connectivity index (χ0v) is 13.4. The predicted molar refractivity (Wildman–Crippen MR) is 81.0 cm³/mol. The normalized spacial score (nSPS) is 14.4. The molecule has 0 spiro atoms. The van der Waals surface area contributed by atoms with E-state index in [1.54, 1.807) is 13.8 Å². The van der Waals surface area contributed by atoms with Gasteiger partial charge in [-0.3, -0.25) is 0 Å². The minimum absolute atomic E-state index is 0.332. The molecule has 0 unspecified atom stereocenters. The van der Waals surface area contributed by atoms with E-state index in [1.807, 2.05) is 0 Å². The molecule has 0 aliphatic rings. The van der Waals surface area contributed by atoms with Crippen molar-refractivity contribution < 1.29 is 14.3 Å². The molecule has 18 heavy (non-hydrogen) atoms. The number of unbranched alkanes of at least 4 members (excludes halogenated alkanes) is 7. The maximum absolute atomic E-state index is 10.1. The van der Waals surface area contributed by atoms with E-state index in [1.165, 1.54) is 38.5 Å². The van der Waals surface area contributed by atoms with Gasteiger partial charge in [0.05, 0.1) is 0 Å². The molecule has 0 aromatic carbocycles. The van der Waals surface area contributed by atoms with Crippen LogP contribution in [-0.4, -0.2) is 28.7 Å². The molecule has 0 aliphatic carbocycles. The fourth-order valence-electron chi connectivity index (χ4n) is 1.92. The van der Waals surface area contributed by atoms with Gasteiger partial charge in [-0.15, -0.1) is 0 Å². The van der Waals surface area contributed by atoms with Gasteiger partial charge in [0.1, 0.15) is 0 Å². The minimum atomic E-state index is -3.75. The van der Waals surface area contributed by atoms with Crippen molar-refractivity contribution in [3.63, 3.8) is 0 Å². The molecule has 0 amide bonds. The summed E-state index contributed by atoms with van der Waals surface area (Å²) in [6, 6.07) is 0. The molecule has 2 N–H and O–H groups in total. The van der Waals surface area contributed by atoms with E-state index in [-0.39, 0.29) is 0 Å². The van der Waals surface area contributed by atoms with Crippen molar-refractivity contribution >= 4 is 7.28 Å². The van der Waals surface area contributed by atoms with Crippen molar-refractivity contribution in [1.82, 2.24) is 0 Å². The molecule has 4 heteroatoms. The standard InChI is InChI=1S/C14H33O3P/c1-4-7-8-9-10-11-12-13-14-17-18(15,16,5-2)6-3/h15-16H,4-14H2,1-3H3. The Morgan fingerprint density at radius 2 is 1.17 bits per heavy atom. The molecule has 0 bridgehead atoms. The molecule has 0 radical (unpaired) electrons. The molecule has 0 fully saturated rings. The van der Waals surface area contributed by atoms with Crippen LogP contribution < -0.4 is 0 Å². The van der Waals surface area contributed by atoms with E-state index in [2.05, 4.69) is 6.92 Å². The van der Waals surface area contributed by atoms with Crippen LogP contribution in [0.5, 0.6) is 0 Å². The third kappa shape index (κ3) is 8.42. The Bertz CT molecular complexity index is 199. The van der Waals surface area contributed by atoms with Gasteiger partial charge in [0.25, 0.3) is 0 Å². The van der Waals surface area contributed by atoms with Crippen LogP contribution in [0, 0.1) is 0 Å². The fraction of sp³-hybridized carbons (Fsp3) is 1.00.